The summed E-state index contributed by atoms with van der Waals surface area (Å²) in [6.07, 6.45) is 2.63. The van der Waals surface area contributed by atoms with Crippen LogP contribution in [0.1, 0.15) is 37.0 Å². The van der Waals surface area contributed by atoms with Gasteiger partial charge in [0.25, 0.3) is 5.89 Å². The summed E-state index contributed by atoms with van der Waals surface area (Å²) in [6, 6.07) is 4.27. The molecule has 7 nitrogen and oxygen atoms in total. The Hall–Kier alpha value is -2.97. The number of esters is 1. The maximum absolute atomic E-state index is 12.3. The van der Waals surface area contributed by atoms with Gasteiger partial charge in [0.1, 0.15) is 0 Å². The number of benzene rings is 1. The van der Waals surface area contributed by atoms with E-state index >= 15 is 0 Å². The zero-order chi connectivity index (χ0) is 19.1. The summed E-state index contributed by atoms with van der Waals surface area (Å²) in [5.74, 6) is 0.235. The van der Waals surface area contributed by atoms with Gasteiger partial charge in [0, 0.05) is 12.0 Å². The van der Waals surface area contributed by atoms with Crippen LogP contribution in [0.4, 0.5) is 8.78 Å². The minimum Gasteiger partial charge on any atom is -0.493 e. The summed E-state index contributed by atoms with van der Waals surface area (Å²) < 4.78 is 43.9. The fraction of sp³-hybridized carbons (Fsp3) is 0.353. The number of nitrogens with zero attached hydrogens (tertiary/aromatic N) is 2. The second-order valence-electron chi connectivity index (χ2n) is 5.43. The van der Waals surface area contributed by atoms with Gasteiger partial charge in [-0.3, -0.25) is 0 Å². The highest BCUT2D eigenvalue weighted by Crippen LogP contribution is 2.29. The van der Waals surface area contributed by atoms with Crippen molar-refractivity contribution in [2.75, 3.05) is 7.11 Å². The van der Waals surface area contributed by atoms with Gasteiger partial charge in [-0.15, -0.1) is 0 Å². The van der Waals surface area contributed by atoms with Crippen LogP contribution in [0.25, 0.3) is 6.08 Å². The maximum Gasteiger partial charge on any atom is 0.387 e. The van der Waals surface area contributed by atoms with Crippen LogP contribution in [0.5, 0.6) is 11.5 Å². The summed E-state index contributed by atoms with van der Waals surface area (Å²) in [4.78, 5) is 15.8. The Kier molecular flexibility index (Phi) is 6.65. The van der Waals surface area contributed by atoms with Crippen LogP contribution in [-0.2, 0) is 16.1 Å². The molecule has 9 heteroatoms. The average molecular weight is 368 g/mol. The number of rotatable bonds is 8. The molecule has 0 bridgehead atoms. The normalized spacial score (nSPS) is 11.3. The number of alkyl halides is 2. The summed E-state index contributed by atoms with van der Waals surface area (Å²) >= 11 is 0. The van der Waals surface area contributed by atoms with E-state index in [1.165, 1.54) is 37.5 Å². The third-order valence-corrected chi connectivity index (χ3v) is 3.15. The highest BCUT2D eigenvalue weighted by Gasteiger charge is 2.12. The molecule has 0 radical (unpaired) electrons. The molecule has 1 aromatic heterocycles. The first-order chi connectivity index (χ1) is 12.4. The molecule has 0 aliphatic carbocycles. The number of hydrogen-bond acceptors (Lipinski definition) is 7. The zero-order valence-electron chi connectivity index (χ0n) is 14.4. The molecule has 0 aliphatic heterocycles. The van der Waals surface area contributed by atoms with Crippen LogP contribution in [0.2, 0.25) is 0 Å². The minimum atomic E-state index is -2.96. The monoisotopic (exact) mass is 368 g/mol. The quantitative estimate of drug-likeness (QED) is 0.520. The van der Waals surface area contributed by atoms with Gasteiger partial charge >= 0.3 is 12.6 Å². The van der Waals surface area contributed by atoms with Gasteiger partial charge in [-0.2, -0.15) is 13.8 Å². The van der Waals surface area contributed by atoms with E-state index in [9.17, 15) is 13.6 Å². The molecule has 0 amide bonds. The lowest BCUT2D eigenvalue weighted by Gasteiger charge is -2.10. The van der Waals surface area contributed by atoms with Crippen LogP contribution in [-0.4, -0.2) is 29.8 Å². The van der Waals surface area contributed by atoms with Crippen molar-refractivity contribution in [2.24, 2.45) is 0 Å². The lowest BCUT2D eigenvalue weighted by atomic mass is 10.2. The molecule has 2 aromatic rings. The Morgan fingerprint density at radius 2 is 2.08 bits per heavy atom. The van der Waals surface area contributed by atoms with E-state index in [0.29, 0.717) is 11.4 Å². The first kappa shape index (κ1) is 19.4. The van der Waals surface area contributed by atoms with Gasteiger partial charge in [-0.1, -0.05) is 25.1 Å². The smallest absolute Gasteiger partial charge is 0.387 e. The van der Waals surface area contributed by atoms with Gasteiger partial charge in [0.15, 0.2) is 23.9 Å². The molecule has 0 spiro atoms. The second-order valence-corrected chi connectivity index (χ2v) is 5.43. The van der Waals surface area contributed by atoms with Crippen LogP contribution in [0.3, 0.4) is 0 Å². The number of halogens is 2. The molecule has 26 heavy (non-hydrogen) atoms. The van der Waals surface area contributed by atoms with Crippen LogP contribution in [0, 0.1) is 0 Å². The Balaban J connectivity index is 1.94. The number of carbonyl (C=O) groups is 1. The van der Waals surface area contributed by atoms with Crippen molar-refractivity contribution in [3.8, 4) is 11.5 Å². The van der Waals surface area contributed by atoms with Crippen molar-refractivity contribution in [2.45, 2.75) is 33.0 Å². The Labute approximate surface area is 148 Å². The van der Waals surface area contributed by atoms with Gasteiger partial charge in [0.05, 0.1) is 7.11 Å². The number of ether oxygens (including phenoxy) is 3. The summed E-state index contributed by atoms with van der Waals surface area (Å²) in [6.45, 7) is 0.721. The summed E-state index contributed by atoms with van der Waals surface area (Å²) in [5.41, 5.74) is 0.542. The van der Waals surface area contributed by atoms with Crippen LogP contribution < -0.4 is 9.47 Å². The topological polar surface area (TPSA) is 83.7 Å². The number of carbonyl (C=O) groups excluding carboxylic acids is 1. The molecule has 0 fully saturated rings. The third-order valence-electron chi connectivity index (χ3n) is 3.15. The average Bonchev–Trinajstić information content (AvgIpc) is 3.08. The molecular formula is C17H18F2N2O5. The standard InChI is InChI=1S/C17H18F2N2O5/c1-10(2)16-20-14(26-21-16)9-24-15(22)7-5-11-4-6-12(25-17(18)19)13(8-11)23-3/h4-8,10,17H,9H2,1-3H3. The highest BCUT2D eigenvalue weighted by molar-refractivity contribution is 5.87. The van der Waals surface area contributed by atoms with E-state index in [1.807, 2.05) is 13.8 Å². The fourth-order valence-electron chi connectivity index (χ4n) is 1.89. The van der Waals surface area contributed by atoms with Crippen molar-refractivity contribution in [3.05, 3.63) is 41.6 Å². The molecule has 0 saturated carbocycles. The van der Waals surface area contributed by atoms with E-state index < -0.39 is 12.6 Å². The molecule has 0 unspecified atom stereocenters. The molecule has 140 valence electrons. The third kappa shape index (κ3) is 5.54. The van der Waals surface area contributed by atoms with E-state index in [-0.39, 0.29) is 29.9 Å². The lowest BCUT2D eigenvalue weighted by Crippen LogP contribution is -2.03. The number of hydrogen-bond donors (Lipinski definition) is 0. The molecule has 0 atom stereocenters. The summed E-state index contributed by atoms with van der Waals surface area (Å²) in [5, 5.41) is 3.76. The Morgan fingerprint density at radius 1 is 1.31 bits per heavy atom. The number of methoxy groups -OCH3 is 1. The van der Waals surface area contributed by atoms with Crippen LogP contribution >= 0.6 is 0 Å². The molecule has 0 saturated heterocycles. The molecular weight excluding hydrogens is 350 g/mol. The predicted molar refractivity (Wildman–Crippen MR) is 86.8 cm³/mol. The zero-order valence-corrected chi connectivity index (χ0v) is 14.4. The molecule has 2 rings (SSSR count). The molecule has 1 aromatic carbocycles. The minimum absolute atomic E-state index is 0.0976. The highest BCUT2D eigenvalue weighted by atomic mass is 19.3. The fourth-order valence-corrected chi connectivity index (χ4v) is 1.89. The Bertz CT molecular complexity index is 774. The largest absolute Gasteiger partial charge is 0.493 e. The number of aromatic nitrogens is 2. The van der Waals surface area contributed by atoms with Gasteiger partial charge in [0.2, 0.25) is 0 Å². The predicted octanol–water partition coefficient (Wildman–Crippen LogP) is 3.56. The molecule has 1 heterocycles. The van der Waals surface area contributed by atoms with Crippen molar-refractivity contribution < 1.29 is 32.3 Å². The van der Waals surface area contributed by atoms with E-state index in [0.717, 1.165) is 0 Å². The molecule has 0 aliphatic rings. The maximum atomic E-state index is 12.3. The van der Waals surface area contributed by atoms with Gasteiger partial charge < -0.3 is 18.7 Å². The van der Waals surface area contributed by atoms with E-state index in [4.69, 9.17) is 14.0 Å². The van der Waals surface area contributed by atoms with Crippen molar-refractivity contribution in [1.82, 2.24) is 10.1 Å². The van der Waals surface area contributed by atoms with Crippen molar-refractivity contribution in [1.29, 1.82) is 0 Å². The van der Waals surface area contributed by atoms with Crippen molar-refractivity contribution in [3.63, 3.8) is 0 Å². The lowest BCUT2D eigenvalue weighted by molar-refractivity contribution is -0.139. The molecule has 0 N–H and O–H groups in total. The second kappa shape index (κ2) is 8.93. The van der Waals surface area contributed by atoms with E-state index in [2.05, 4.69) is 14.9 Å². The Morgan fingerprint density at radius 3 is 2.69 bits per heavy atom. The van der Waals surface area contributed by atoms with E-state index in [1.54, 1.807) is 0 Å². The van der Waals surface area contributed by atoms with Gasteiger partial charge in [-0.05, 0) is 23.8 Å². The SMILES string of the molecule is COc1cc(C=CC(=O)OCc2nc(C(C)C)no2)ccc1OC(F)F. The first-order valence-corrected chi connectivity index (χ1v) is 7.69. The first-order valence-electron chi connectivity index (χ1n) is 7.69. The summed E-state index contributed by atoms with van der Waals surface area (Å²) in [7, 11) is 1.32. The van der Waals surface area contributed by atoms with Crippen LogP contribution in [0.15, 0.2) is 28.8 Å². The van der Waals surface area contributed by atoms with Crippen molar-refractivity contribution >= 4 is 12.0 Å². The van der Waals surface area contributed by atoms with Gasteiger partial charge in [-0.25, -0.2) is 4.79 Å².